The Morgan fingerprint density at radius 3 is 2.50 bits per heavy atom. The van der Waals surface area contributed by atoms with Gasteiger partial charge in [-0.25, -0.2) is 5.16 Å². The van der Waals surface area contributed by atoms with Gasteiger partial charge in [-0.15, -0.1) is 0 Å². The molecule has 2 aromatic heterocycles. The van der Waals surface area contributed by atoms with E-state index in [4.69, 9.17) is 9.51 Å². The van der Waals surface area contributed by atoms with Gasteiger partial charge in [0.25, 0.3) is 0 Å². The predicted octanol–water partition coefficient (Wildman–Crippen LogP) is 7.25. The highest BCUT2D eigenvalue weighted by atomic mass is 16.5. The van der Waals surface area contributed by atoms with E-state index in [1.807, 2.05) is 6.20 Å². The summed E-state index contributed by atoms with van der Waals surface area (Å²) in [5.74, 6) is 2.28. The quantitative estimate of drug-likeness (QED) is 0.471. The zero-order chi connectivity index (χ0) is 22.7. The number of aromatic amines is 1. The van der Waals surface area contributed by atoms with Crippen LogP contribution in [-0.2, 0) is 5.41 Å². The third-order valence-electron chi connectivity index (χ3n) is 8.35. The number of rotatable bonds is 3. The van der Waals surface area contributed by atoms with Crippen molar-refractivity contribution in [2.24, 2.45) is 17.3 Å². The van der Waals surface area contributed by atoms with Crippen molar-refractivity contribution in [2.75, 3.05) is 19.6 Å². The Bertz CT molecular complexity index is 1090. The molecule has 1 N–H and O–H groups in total. The monoisotopic (exact) mass is 435 g/mol. The van der Waals surface area contributed by atoms with Gasteiger partial charge in [-0.1, -0.05) is 41.5 Å². The van der Waals surface area contributed by atoms with E-state index in [-0.39, 0.29) is 5.41 Å². The highest BCUT2D eigenvalue weighted by Gasteiger charge is 2.33. The molecule has 0 spiro atoms. The molecule has 3 aromatic rings. The van der Waals surface area contributed by atoms with Crippen molar-refractivity contribution < 1.29 is 4.52 Å². The van der Waals surface area contributed by atoms with Crippen molar-refractivity contribution >= 4 is 21.9 Å². The van der Waals surface area contributed by atoms with E-state index in [1.165, 1.54) is 79.3 Å². The lowest BCUT2D eigenvalue weighted by molar-refractivity contribution is 0.101. The number of hydrogen-bond donors (Lipinski definition) is 1. The van der Waals surface area contributed by atoms with Crippen LogP contribution in [0, 0.1) is 17.3 Å². The molecule has 0 amide bonds. The zero-order valence-electron chi connectivity index (χ0n) is 20.9. The van der Waals surface area contributed by atoms with Crippen LogP contribution in [0.4, 0.5) is 0 Å². The Morgan fingerprint density at radius 1 is 1.06 bits per heavy atom. The largest absolute Gasteiger partial charge is 0.382 e. The van der Waals surface area contributed by atoms with E-state index in [9.17, 15) is 0 Å². The first kappa shape index (κ1) is 22.0. The molecule has 2 atom stereocenters. The summed E-state index contributed by atoms with van der Waals surface area (Å²) >= 11 is 0. The van der Waals surface area contributed by atoms with Crippen molar-refractivity contribution in [3.05, 3.63) is 29.6 Å². The number of H-pyrrole nitrogens is 1. The minimum atomic E-state index is 0.00978. The molecule has 5 rings (SSSR count). The van der Waals surface area contributed by atoms with Gasteiger partial charge in [0.1, 0.15) is 0 Å². The zero-order valence-corrected chi connectivity index (χ0v) is 20.9. The Labute approximate surface area is 193 Å². The van der Waals surface area contributed by atoms with E-state index in [1.54, 1.807) is 0 Å². The number of benzene rings is 1. The molecule has 0 radical (unpaired) electrons. The van der Waals surface area contributed by atoms with Crippen molar-refractivity contribution in [3.8, 4) is 0 Å². The normalized spacial score (nSPS) is 24.2. The summed E-state index contributed by atoms with van der Waals surface area (Å²) < 4.78 is 5.98. The summed E-state index contributed by atoms with van der Waals surface area (Å²) in [6.07, 6.45) is 8.58. The second-order valence-corrected chi connectivity index (χ2v) is 12.7. The van der Waals surface area contributed by atoms with Crippen molar-refractivity contribution in [3.63, 3.8) is 0 Å². The standard InChI is InChI=1S/C28H41N3O/c1-27(2,3)20-10-13-31(14-11-20)17-18-7-8-19(15-18)22-16-23-24(21-9-12-29-25(21)22)26(30-32-23)28(4,5)6/h9,12,16,18-20,30H,7-8,10-11,13-15,17H2,1-6H3/t18-,19?/m1/s1. The Hall–Kier alpha value is -1.81. The number of aromatic nitrogens is 2. The van der Waals surface area contributed by atoms with E-state index in [2.05, 4.69) is 63.7 Å². The molecule has 1 aliphatic carbocycles. The van der Waals surface area contributed by atoms with Crippen LogP contribution in [0.2, 0.25) is 0 Å². The van der Waals surface area contributed by atoms with E-state index in [0.29, 0.717) is 11.3 Å². The molecule has 174 valence electrons. The first-order valence-corrected chi connectivity index (χ1v) is 12.7. The molecule has 0 bridgehead atoms. The molecule has 4 nitrogen and oxygen atoms in total. The lowest BCUT2D eigenvalue weighted by Crippen LogP contribution is -2.40. The van der Waals surface area contributed by atoms with Crippen molar-refractivity contribution in [1.29, 1.82) is 0 Å². The van der Waals surface area contributed by atoms with Crippen LogP contribution < -0.4 is 0 Å². The molecule has 1 aromatic carbocycles. The van der Waals surface area contributed by atoms with E-state index >= 15 is 0 Å². The maximum atomic E-state index is 5.98. The average Bonchev–Trinajstić information content (AvgIpc) is 3.45. The highest BCUT2D eigenvalue weighted by molar-refractivity contribution is 6.07. The van der Waals surface area contributed by atoms with Gasteiger partial charge in [-0.3, -0.25) is 4.98 Å². The van der Waals surface area contributed by atoms with Gasteiger partial charge >= 0.3 is 0 Å². The molecule has 1 aliphatic heterocycles. The molecular weight excluding hydrogens is 394 g/mol. The van der Waals surface area contributed by atoms with Crippen LogP contribution in [0.15, 0.2) is 22.9 Å². The Balaban J connectivity index is 1.32. The third-order valence-corrected chi connectivity index (χ3v) is 8.35. The summed E-state index contributed by atoms with van der Waals surface area (Å²) in [6.45, 7) is 17.8. The molecule has 2 fully saturated rings. The summed E-state index contributed by atoms with van der Waals surface area (Å²) in [7, 11) is 0. The summed E-state index contributed by atoms with van der Waals surface area (Å²) in [5, 5.41) is 5.68. The van der Waals surface area contributed by atoms with E-state index in [0.717, 1.165) is 17.4 Å². The summed E-state index contributed by atoms with van der Waals surface area (Å²) in [4.78, 5) is 7.56. The van der Waals surface area contributed by atoms with Crippen LogP contribution in [-0.4, -0.2) is 34.7 Å². The maximum Gasteiger partial charge on any atom is 0.165 e. The minimum absolute atomic E-state index is 0.00978. The van der Waals surface area contributed by atoms with Crippen molar-refractivity contribution in [2.45, 2.75) is 85.0 Å². The lowest BCUT2D eigenvalue weighted by Gasteiger charge is -2.39. The number of likely N-dealkylation sites (tertiary alicyclic amines) is 1. The molecule has 1 unspecified atom stereocenters. The highest BCUT2D eigenvalue weighted by Crippen LogP contribution is 2.44. The fourth-order valence-electron chi connectivity index (χ4n) is 6.39. The first-order chi connectivity index (χ1) is 15.1. The number of fused-ring (bicyclic) bond motifs is 3. The van der Waals surface area contributed by atoms with Crippen LogP contribution in [0.25, 0.3) is 21.9 Å². The molecular formula is C28H41N3O. The molecule has 32 heavy (non-hydrogen) atoms. The minimum Gasteiger partial charge on any atom is -0.382 e. The SMILES string of the molecule is CC(C)(C)c1[nH]oc2cc(C3CC[C@@H](CN4CCC(C(C)(C)C)CC4)C3)c3nccc3c12. The number of nitrogens with zero attached hydrogens (tertiary/aromatic N) is 2. The Kier molecular flexibility index (Phi) is 5.43. The van der Waals surface area contributed by atoms with Gasteiger partial charge in [0.2, 0.25) is 0 Å². The van der Waals surface area contributed by atoms with Crippen LogP contribution in [0.3, 0.4) is 0 Å². The Morgan fingerprint density at radius 2 is 1.81 bits per heavy atom. The predicted molar refractivity (Wildman–Crippen MR) is 133 cm³/mol. The second-order valence-electron chi connectivity index (χ2n) is 12.7. The molecule has 4 heteroatoms. The topological polar surface area (TPSA) is 45.1 Å². The number of nitrogens with one attached hydrogen (secondary N) is 1. The van der Waals surface area contributed by atoms with Gasteiger partial charge in [0, 0.05) is 23.5 Å². The number of hydrogen-bond acceptors (Lipinski definition) is 3. The summed E-state index contributed by atoms with van der Waals surface area (Å²) in [6, 6.07) is 4.46. The molecule has 3 heterocycles. The van der Waals surface area contributed by atoms with Crippen LogP contribution in [0.5, 0.6) is 0 Å². The second kappa shape index (κ2) is 7.90. The fraction of sp³-hybridized carbons (Fsp3) is 0.679. The molecule has 1 saturated carbocycles. The smallest absolute Gasteiger partial charge is 0.165 e. The molecule has 1 saturated heterocycles. The van der Waals surface area contributed by atoms with Gasteiger partial charge < -0.3 is 9.42 Å². The third kappa shape index (κ3) is 4.00. The lowest BCUT2D eigenvalue weighted by atomic mass is 9.75. The van der Waals surface area contributed by atoms with Crippen LogP contribution >= 0.6 is 0 Å². The maximum absolute atomic E-state index is 5.98. The van der Waals surface area contributed by atoms with Gasteiger partial charge in [-0.2, -0.15) is 0 Å². The summed E-state index contributed by atoms with van der Waals surface area (Å²) in [5.41, 5.74) is 5.20. The molecule has 2 aliphatic rings. The van der Waals surface area contributed by atoms with Gasteiger partial charge in [0.15, 0.2) is 5.58 Å². The average molecular weight is 436 g/mol. The van der Waals surface area contributed by atoms with E-state index < -0.39 is 0 Å². The van der Waals surface area contributed by atoms with Crippen LogP contribution in [0.1, 0.15) is 90.8 Å². The van der Waals surface area contributed by atoms with Crippen molar-refractivity contribution in [1.82, 2.24) is 15.0 Å². The van der Waals surface area contributed by atoms with Gasteiger partial charge in [0.05, 0.1) is 16.6 Å². The van der Waals surface area contributed by atoms with Gasteiger partial charge in [-0.05, 0) is 86.1 Å². The number of piperidine rings is 1. The fourth-order valence-corrected chi connectivity index (χ4v) is 6.39. The first-order valence-electron chi connectivity index (χ1n) is 12.7.